The van der Waals surface area contributed by atoms with Gasteiger partial charge in [0.1, 0.15) is 12.7 Å². The summed E-state index contributed by atoms with van der Waals surface area (Å²) < 4.78 is 208. The van der Waals surface area contributed by atoms with E-state index in [0.29, 0.717) is 0 Å². The second-order valence-corrected chi connectivity index (χ2v) is 7.80. The molecule has 0 aromatic heterocycles. The predicted molar refractivity (Wildman–Crippen MR) is 95.4 cm³/mol. The van der Waals surface area contributed by atoms with Gasteiger partial charge in [-0.1, -0.05) is 13.2 Å². The van der Waals surface area contributed by atoms with Crippen molar-refractivity contribution >= 4 is 11.9 Å². The predicted octanol–water partition coefficient (Wildman–Crippen LogP) is 6.75. The number of carbonyl (C=O) groups excluding carboxylic acids is 2. The number of hydrogen-bond acceptors (Lipinski definition) is 4. The van der Waals surface area contributed by atoms with Crippen LogP contribution in [0.4, 0.5) is 65.9 Å². The van der Waals surface area contributed by atoms with E-state index in [1.165, 1.54) is 0 Å². The summed E-state index contributed by atoms with van der Waals surface area (Å²) in [4.78, 5) is 22.9. The number of esters is 2. The molecule has 0 aromatic carbocycles. The minimum atomic E-state index is -8.41. The molecule has 4 nitrogen and oxygen atoms in total. The Labute approximate surface area is 203 Å². The molecule has 0 rings (SSSR count). The number of rotatable bonds is 13. The van der Waals surface area contributed by atoms with E-state index in [0.717, 1.165) is 13.8 Å². The molecule has 38 heavy (non-hydrogen) atoms. The number of ether oxygens (including phenoxy) is 2. The van der Waals surface area contributed by atoms with Gasteiger partial charge in [-0.2, -0.15) is 65.9 Å². The molecule has 0 N–H and O–H groups in total. The van der Waals surface area contributed by atoms with Gasteiger partial charge in [-0.3, -0.25) is 0 Å². The van der Waals surface area contributed by atoms with Crippen LogP contribution in [0.2, 0.25) is 0 Å². The Balaban J connectivity index is 6.24. The first-order valence-electron chi connectivity index (χ1n) is 9.55. The topological polar surface area (TPSA) is 52.6 Å². The second-order valence-electron chi connectivity index (χ2n) is 7.80. The van der Waals surface area contributed by atoms with E-state index in [2.05, 4.69) is 22.6 Å². The van der Waals surface area contributed by atoms with Crippen LogP contribution in [0, 0.1) is 0 Å². The number of alkyl halides is 15. The van der Waals surface area contributed by atoms with Crippen molar-refractivity contribution in [1.29, 1.82) is 0 Å². The maximum Gasteiger partial charge on any atom is 0.460 e. The van der Waals surface area contributed by atoms with E-state index in [1.54, 1.807) is 0 Å². The Morgan fingerprint density at radius 1 is 0.632 bits per heavy atom. The van der Waals surface area contributed by atoms with Crippen molar-refractivity contribution < 1.29 is 84.9 Å². The molecule has 0 amide bonds. The first kappa shape index (κ1) is 35.4. The molecule has 0 fully saturated rings. The molecule has 1 atom stereocenters. The zero-order valence-corrected chi connectivity index (χ0v) is 18.9. The Bertz CT molecular complexity index is 922. The lowest BCUT2D eigenvalue weighted by Gasteiger charge is -2.41. The van der Waals surface area contributed by atoms with Crippen LogP contribution >= 0.6 is 0 Å². The van der Waals surface area contributed by atoms with Crippen LogP contribution in [0.5, 0.6) is 0 Å². The summed E-state index contributed by atoms with van der Waals surface area (Å²) in [5.74, 6) is -50.0. The van der Waals surface area contributed by atoms with Gasteiger partial charge in [0.15, 0.2) is 0 Å². The zero-order chi connectivity index (χ0) is 30.9. The summed E-state index contributed by atoms with van der Waals surface area (Å²) >= 11 is 0. The van der Waals surface area contributed by atoms with Crippen molar-refractivity contribution in [1.82, 2.24) is 0 Å². The highest BCUT2D eigenvalue weighted by molar-refractivity contribution is 5.87. The monoisotopic (exact) mass is 594 g/mol. The fraction of sp³-hybridized carbons (Fsp3) is 0.684. The largest absolute Gasteiger partial charge is 0.460 e. The summed E-state index contributed by atoms with van der Waals surface area (Å²) in [6.45, 7) is 6.88. The Morgan fingerprint density at radius 2 is 1.00 bits per heavy atom. The van der Waals surface area contributed by atoms with Gasteiger partial charge in [-0.05, 0) is 20.3 Å². The molecule has 0 spiro atoms. The van der Waals surface area contributed by atoms with Gasteiger partial charge in [-0.15, -0.1) is 0 Å². The van der Waals surface area contributed by atoms with E-state index >= 15 is 0 Å². The zero-order valence-electron chi connectivity index (χ0n) is 18.9. The molecular weight excluding hydrogens is 577 g/mol. The highest BCUT2D eigenvalue weighted by Crippen LogP contribution is 2.62. The molecule has 19 heteroatoms. The van der Waals surface area contributed by atoms with Crippen molar-refractivity contribution in [3.63, 3.8) is 0 Å². The molecule has 0 aromatic rings. The molecular formula is C19H17F15O4. The average Bonchev–Trinajstić information content (AvgIpc) is 2.73. The molecule has 0 aliphatic carbocycles. The van der Waals surface area contributed by atoms with Crippen molar-refractivity contribution in [3.05, 3.63) is 24.3 Å². The maximum absolute atomic E-state index is 14.0. The van der Waals surface area contributed by atoms with Crippen molar-refractivity contribution in [2.45, 2.75) is 74.5 Å². The third kappa shape index (κ3) is 6.32. The van der Waals surface area contributed by atoms with E-state index in [9.17, 15) is 75.4 Å². The van der Waals surface area contributed by atoms with Crippen LogP contribution in [0.15, 0.2) is 24.3 Å². The molecule has 0 aliphatic heterocycles. The van der Waals surface area contributed by atoms with Crippen LogP contribution in [-0.4, -0.2) is 66.4 Å². The maximum atomic E-state index is 14.0. The number of halogens is 15. The van der Waals surface area contributed by atoms with Crippen LogP contribution in [0.3, 0.4) is 0 Å². The van der Waals surface area contributed by atoms with Gasteiger partial charge in [0.05, 0.1) is 0 Å². The Morgan fingerprint density at radius 3 is 1.37 bits per heavy atom. The molecule has 0 bridgehead atoms. The molecule has 0 heterocycles. The lowest BCUT2D eigenvalue weighted by atomic mass is 9.89. The highest BCUT2D eigenvalue weighted by atomic mass is 19.4. The Hall–Kier alpha value is -2.63. The van der Waals surface area contributed by atoms with E-state index in [4.69, 9.17) is 0 Å². The van der Waals surface area contributed by atoms with Crippen LogP contribution in [0.25, 0.3) is 0 Å². The normalized spacial score (nSPS) is 15.1. The van der Waals surface area contributed by atoms with Gasteiger partial charge in [0, 0.05) is 17.6 Å². The van der Waals surface area contributed by atoms with Gasteiger partial charge < -0.3 is 9.47 Å². The summed E-state index contributed by atoms with van der Waals surface area (Å²) in [6.07, 6.45) is -14.4. The van der Waals surface area contributed by atoms with E-state index in [1.807, 2.05) is 0 Å². The minimum Gasteiger partial charge on any atom is -0.458 e. The average molecular weight is 594 g/mol. The smallest absolute Gasteiger partial charge is 0.458 e. The third-order valence-electron chi connectivity index (χ3n) is 4.54. The van der Waals surface area contributed by atoms with Crippen molar-refractivity contribution in [2.75, 3.05) is 6.61 Å². The van der Waals surface area contributed by atoms with Crippen LogP contribution < -0.4 is 0 Å². The molecule has 0 saturated heterocycles. The minimum absolute atomic E-state index is 0.342. The standard InChI is InChI=1S/C19H17F15O4/c1-8(2)11(35)37-7-10(38-12(36)9(3)4)5-6-13(20,21)14(22,23)15(24,25)16(26,27)17(28,29)18(30,31)19(32,33)34/h10H,1,3,5-7H2,2,4H3. The Kier molecular flexibility index (Phi) is 10.1. The summed E-state index contributed by atoms with van der Waals surface area (Å²) in [5.41, 5.74) is -0.817. The van der Waals surface area contributed by atoms with Gasteiger partial charge in [0.2, 0.25) is 0 Å². The molecule has 0 aliphatic rings. The molecule has 0 radical (unpaired) electrons. The lowest BCUT2D eigenvalue weighted by molar-refractivity contribution is -0.452. The fourth-order valence-corrected chi connectivity index (χ4v) is 2.22. The van der Waals surface area contributed by atoms with E-state index in [-0.39, 0.29) is 5.57 Å². The first-order valence-corrected chi connectivity index (χ1v) is 9.55. The molecule has 222 valence electrons. The van der Waals surface area contributed by atoms with Gasteiger partial charge in [-0.25, -0.2) is 9.59 Å². The first-order chi connectivity index (χ1) is 16.5. The third-order valence-corrected chi connectivity index (χ3v) is 4.54. The highest BCUT2D eigenvalue weighted by Gasteiger charge is 2.93. The molecule has 0 saturated carbocycles. The van der Waals surface area contributed by atoms with Crippen LogP contribution in [-0.2, 0) is 19.1 Å². The molecule has 1 unspecified atom stereocenters. The quantitative estimate of drug-likeness (QED) is 0.135. The van der Waals surface area contributed by atoms with Gasteiger partial charge >= 0.3 is 53.7 Å². The van der Waals surface area contributed by atoms with Crippen molar-refractivity contribution in [3.8, 4) is 0 Å². The van der Waals surface area contributed by atoms with Gasteiger partial charge in [0.25, 0.3) is 0 Å². The summed E-state index contributed by atoms with van der Waals surface area (Å²) in [7, 11) is 0. The second kappa shape index (κ2) is 10.9. The van der Waals surface area contributed by atoms with E-state index < -0.39 is 84.8 Å². The van der Waals surface area contributed by atoms with Crippen molar-refractivity contribution in [2.24, 2.45) is 0 Å². The fourth-order valence-electron chi connectivity index (χ4n) is 2.22. The summed E-state index contributed by atoms with van der Waals surface area (Å²) in [6, 6.07) is 0. The number of hydrogen-bond donors (Lipinski definition) is 0. The van der Waals surface area contributed by atoms with Crippen LogP contribution in [0.1, 0.15) is 26.7 Å². The number of carbonyl (C=O) groups is 2. The lowest BCUT2D eigenvalue weighted by Crippen LogP contribution is -2.72. The SMILES string of the molecule is C=C(C)C(=O)OCC(CCC(F)(F)C(F)(F)C(F)(F)C(F)(F)C(F)(F)C(F)(F)C(F)(F)F)OC(=O)C(=C)C. The summed E-state index contributed by atoms with van der Waals surface area (Å²) in [5, 5.41) is 0.